The zero-order valence-electron chi connectivity index (χ0n) is 7.73. The number of H-pyrrole nitrogens is 1. The summed E-state index contributed by atoms with van der Waals surface area (Å²) in [6, 6.07) is 3.94. The molecule has 5 heteroatoms. The maximum absolute atomic E-state index is 4.11. The van der Waals surface area contributed by atoms with Crippen molar-refractivity contribution in [2.75, 3.05) is 0 Å². The topological polar surface area (TPSA) is 58.9 Å². The van der Waals surface area contributed by atoms with Gasteiger partial charge < -0.3 is 0 Å². The molecule has 0 aliphatic carbocycles. The van der Waals surface area contributed by atoms with E-state index in [1.807, 2.05) is 16.5 Å². The Morgan fingerprint density at radius 1 is 1.36 bits per heavy atom. The van der Waals surface area contributed by atoms with Crippen molar-refractivity contribution in [2.24, 2.45) is 0 Å². The van der Waals surface area contributed by atoms with Crippen LogP contribution in [-0.2, 0) is 6.42 Å². The zero-order chi connectivity index (χ0) is 9.54. The van der Waals surface area contributed by atoms with Gasteiger partial charge in [-0.2, -0.15) is 5.10 Å². The Morgan fingerprint density at radius 2 is 2.29 bits per heavy atom. The minimum atomic E-state index is 0.860. The van der Waals surface area contributed by atoms with E-state index in [2.05, 4.69) is 27.3 Å². The number of nitrogens with one attached hydrogen (secondary N) is 1. The molecule has 14 heavy (non-hydrogen) atoms. The lowest BCUT2D eigenvalue weighted by atomic mass is 10.3. The first-order chi connectivity index (χ1) is 6.90. The van der Waals surface area contributed by atoms with Crippen LogP contribution in [0.2, 0.25) is 0 Å². The Kier molecular flexibility index (Phi) is 1.36. The van der Waals surface area contributed by atoms with Crippen molar-refractivity contribution in [1.82, 2.24) is 24.8 Å². The highest BCUT2D eigenvalue weighted by Crippen LogP contribution is 2.14. The van der Waals surface area contributed by atoms with Crippen LogP contribution in [0.5, 0.6) is 0 Å². The molecular formula is C9H9N5. The molecule has 0 atom stereocenters. The van der Waals surface area contributed by atoms with Gasteiger partial charge in [0, 0.05) is 11.8 Å². The summed E-state index contributed by atoms with van der Waals surface area (Å²) in [6.07, 6.45) is 2.66. The highest BCUT2D eigenvalue weighted by molar-refractivity contribution is 5.77. The van der Waals surface area contributed by atoms with Gasteiger partial charge in [-0.25, -0.2) is 0 Å². The smallest absolute Gasteiger partial charge is 0.162 e. The number of hydrogen-bond acceptors (Lipinski definition) is 3. The number of rotatable bonds is 1. The van der Waals surface area contributed by atoms with Gasteiger partial charge in [-0.05, 0) is 12.1 Å². The van der Waals surface area contributed by atoms with Gasteiger partial charge >= 0.3 is 0 Å². The molecule has 0 saturated heterocycles. The first-order valence-corrected chi connectivity index (χ1v) is 4.56. The predicted molar refractivity (Wildman–Crippen MR) is 52.0 cm³/mol. The van der Waals surface area contributed by atoms with Gasteiger partial charge in [-0.3, -0.25) is 9.50 Å². The Balaban J connectivity index is 2.58. The molecule has 0 amide bonds. The average molecular weight is 187 g/mol. The maximum atomic E-state index is 4.11. The number of pyridine rings is 1. The van der Waals surface area contributed by atoms with Crippen LogP contribution in [0.15, 0.2) is 18.3 Å². The number of hydrogen-bond donors (Lipinski definition) is 1. The second-order valence-corrected chi connectivity index (χ2v) is 3.17. The van der Waals surface area contributed by atoms with Crippen molar-refractivity contribution in [3.05, 3.63) is 24.2 Å². The molecule has 1 N–H and O–H groups in total. The fourth-order valence-electron chi connectivity index (χ4n) is 1.66. The second kappa shape index (κ2) is 2.54. The normalized spacial score (nSPS) is 11.5. The SMILES string of the molecule is CCc1nnc2ccc3cn[nH]c3n12. The summed E-state index contributed by atoms with van der Waals surface area (Å²) >= 11 is 0. The second-order valence-electron chi connectivity index (χ2n) is 3.17. The van der Waals surface area contributed by atoms with Crippen molar-refractivity contribution >= 4 is 16.7 Å². The van der Waals surface area contributed by atoms with Gasteiger partial charge in [0.15, 0.2) is 5.65 Å². The molecule has 0 spiro atoms. The molecule has 3 aromatic heterocycles. The minimum Gasteiger partial charge on any atom is -0.263 e. The van der Waals surface area contributed by atoms with Gasteiger partial charge in [-0.1, -0.05) is 6.92 Å². The third-order valence-electron chi connectivity index (χ3n) is 2.35. The molecule has 0 fully saturated rings. The van der Waals surface area contributed by atoms with Crippen molar-refractivity contribution in [3.63, 3.8) is 0 Å². The summed E-state index contributed by atoms with van der Waals surface area (Å²) in [7, 11) is 0. The van der Waals surface area contributed by atoms with Gasteiger partial charge in [0.25, 0.3) is 0 Å². The van der Waals surface area contributed by atoms with Gasteiger partial charge in [0.05, 0.1) is 6.20 Å². The molecule has 70 valence electrons. The van der Waals surface area contributed by atoms with E-state index in [1.54, 1.807) is 6.20 Å². The summed E-state index contributed by atoms with van der Waals surface area (Å²) in [5.41, 5.74) is 1.82. The zero-order valence-corrected chi connectivity index (χ0v) is 7.73. The Bertz CT molecular complexity index is 591. The van der Waals surface area contributed by atoms with Crippen molar-refractivity contribution in [1.29, 1.82) is 0 Å². The number of aromatic amines is 1. The lowest BCUT2D eigenvalue weighted by Gasteiger charge is -1.97. The highest BCUT2D eigenvalue weighted by Gasteiger charge is 2.07. The molecule has 5 nitrogen and oxygen atoms in total. The molecular weight excluding hydrogens is 178 g/mol. The van der Waals surface area contributed by atoms with Crippen LogP contribution >= 0.6 is 0 Å². The van der Waals surface area contributed by atoms with Crippen molar-refractivity contribution in [3.8, 4) is 0 Å². The van der Waals surface area contributed by atoms with Crippen molar-refractivity contribution in [2.45, 2.75) is 13.3 Å². The van der Waals surface area contributed by atoms with E-state index in [1.165, 1.54) is 0 Å². The molecule has 0 unspecified atom stereocenters. The molecule has 3 heterocycles. The largest absolute Gasteiger partial charge is 0.263 e. The number of aryl methyl sites for hydroxylation is 1. The first kappa shape index (κ1) is 7.49. The van der Waals surface area contributed by atoms with Gasteiger partial charge in [0.1, 0.15) is 11.5 Å². The fraction of sp³-hybridized carbons (Fsp3) is 0.222. The van der Waals surface area contributed by atoms with Crippen LogP contribution in [0.25, 0.3) is 16.7 Å². The highest BCUT2D eigenvalue weighted by atomic mass is 15.3. The summed E-state index contributed by atoms with van der Waals surface area (Å²) in [5, 5.41) is 16.2. The molecule has 3 aromatic rings. The first-order valence-electron chi connectivity index (χ1n) is 4.56. The molecule has 0 bridgehead atoms. The molecule has 0 aliphatic heterocycles. The van der Waals surface area contributed by atoms with Crippen molar-refractivity contribution < 1.29 is 0 Å². The van der Waals surface area contributed by atoms with Gasteiger partial charge in [0.2, 0.25) is 0 Å². The Morgan fingerprint density at radius 3 is 3.14 bits per heavy atom. The van der Waals surface area contributed by atoms with Gasteiger partial charge in [-0.15, -0.1) is 10.2 Å². The molecule has 0 saturated carbocycles. The lowest BCUT2D eigenvalue weighted by molar-refractivity contribution is 0.913. The maximum Gasteiger partial charge on any atom is 0.162 e. The van der Waals surface area contributed by atoms with E-state index in [0.29, 0.717) is 0 Å². The predicted octanol–water partition coefficient (Wildman–Crippen LogP) is 1.17. The molecule has 3 rings (SSSR count). The summed E-state index contributed by atoms with van der Waals surface area (Å²) in [6.45, 7) is 2.06. The fourth-order valence-corrected chi connectivity index (χ4v) is 1.66. The van der Waals surface area contributed by atoms with Crippen LogP contribution in [-0.4, -0.2) is 24.8 Å². The van der Waals surface area contributed by atoms with E-state index < -0.39 is 0 Å². The Hall–Kier alpha value is -1.91. The summed E-state index contributed by atoms with van der Waals surface area (Å²) in [4.78, 5) is 0. The molecule has 0 aliphatic rings. The van der Waals surface area contributed by atoms with Crippen LogP contribution in [0.4, 0.5) is 0 Å². The number of nitrogens with zero attached hydrogens (tertiary/aromatic N) is 4. The number of fused-ring (bicyclic) bond motifs is 3. The summed E-state index contributed by atoms with van der Waals surface area (Å²) < 4.78 is 2.00. The number of aromatic nitrogens is 5. The minimum absolute atomic E-state index is 0.860. The summed E-state index contributed by atoms with van der Waals surface area (Å²) in [5.74, 6) is 0.954. The van der Waals surface area contributed by atoms with E-state index >= 15 is 0 Å². The molecule has 0 aromatic carbocycles. The van der Waals surface area contributed by atoms with E-state index in [4.69, 9.17) is 0 Å². The quantitative estimate of drug-likeness (QED) is 0.622. The lowest BCUT2D eigenvalue weighted by Crippen LogP contribution is -1.94. The van der Waals surface area contributed by atoms with Crippen LogP contribution in [0.1, 0.15) is 12.7 Å². The average Bonchev–Trinajstić information content (AvgIpc) is 2.82. The monoisotopic (exact) mass is 187 g/mol. The van der Waals surface area contributed by atoms with Crippen LogP contribution < -0.4 is 0 Å². The standard InChI is InChI=1S/C9H9N5/c1-2-7-11-12-8-4-3-6-5-10-13-9(6)14(7)8/h3-5H,2H2,1H3,(H,10,13). The Labute approximate surface area is 79.8 Å². The molecule has 0 radical (unpaired) electrons. The van der Waals surface area contributed by atoms with Crippen LogP contribution in [0.3, 0.4) is 0 Å². The third kappa shape index (κ3) is 0.810. The van der Waals surface area contributed by atoms with E-state index in [0.717, 1.165) is 28.9 Å². The third-order valence-corrected chi connectivity index (χ3v) is 2.35. The van der Waals surface area contributed by atoms with E-state index in [9.17, 15) is 0 Å². The van der Waals surface area contributed by atoms with Crippen LogP contribution in [0, 0.1) is 0 Å². The van der Waals surface area contributed by atoms with E-state index in [-0.39, 0.29) is 0 Å².